The Bertz CT molecular complexity index is 811. The SMILES string of the molecule is C=C(C)C(=O)Nc1nc(NC(=O)C(=C)C)nc(C23CCC(C=C2C)C3)n1. The summed E-state index contributed by atoms with van der Waals surface area (Å²) in [5, 5.41) is 5.25. The van der Waals surface area contributed by atoms with Crippen LogP contribution in [0.3, 0.4) is 0 Å². The van der Waals surface area contributed by atoms with Crippen LogP contribution in [0.15, 0.2) is 36.0 Å². The third-order valence-corrected chi connectivity index (χ3v) is 5.08. The predicted molar refractivity (Wildman–Crippen MR) is 99.5 cm³/mol. The minimum absolute atomic E-state index is 0.109. The molecule has 136 valence electrons. The highest BCUT2D eigenvalue weighted by Crippen LogP contribution is 2.54. The molecule has 0 aromatic carbocycles. The van der Waals surface area contributed by atoms with Gasteiger partial charge >= 0.3 is 0 Å². The van der Waals surface area contributed by atoms with E-state index in [0.717, 1.165) is 19.3 Å². The first-order valence-corrected chi connectivity index (χ1v) is 8.60. The van der Waals surface area contributed by atoms with E-state index in [1.165, 1.54) is 5.57 Å². The van der Waals surface area contributed by atoms with Crippen molar-refractivity contribution in [2.75, 3.05) is 10.6 Å². The van der Waals surface area contributed by atoms with Gasteiger partial charge in [-0.2, -0.15) is 15.0 Å². The molecule has 1 saturated carbocycles. The monoisotopic (exact) mass is 353 g/mol. The minimum Gasteiger partial charge on any atom is -0.291 e. The summed E-state index contributed by atoms with van der Waals surface area (Å²) in [5.74, 6) is 0.582. The highest BCUT2D eigenvalue weighted by molar-refractivity contribution is 6.03. The third kappa shape index (κ3) is 3.16. The van der Waals surface area contributed by atoms with Crippen molar-refractivity contribution in [1.29, 1.82) is 0 Å². The van der Waals surface area contributed by atoms with Crippen LogP contribution in [-0.4, -0.2) is 26.8 Å². The van der Waals surface area contributed by atoms with Crippen molar-refractivity contribution in [3.63, 3.8) is 0 Å². The molecule has 2 bridgehead atoms. The van der Waals surface area contributed by atoms with Gasteiger partial charge in [0.2, 0.25) is 11.9 Å². The smallest absolute Gasteiger partial charge is 0.253 e. The Hall–Kier alpha value is -2.83. The summed E-state index contributed by atoms with van der Waals surface area (Å²) in [5.41, 5.74) is 1.67. The molecule has 2 N–H and O–H groups in total. The number of nitrogens with zero attached hydrogens (tertiary/aromatic N) is 3. The summed E-state index contributed by atoms with van der Waals surface area (Å²) < 4.78 is 0. The van der Waals surface area contributed by atoms with Crippen molar-refractivity contribution in [2.24, 2.45) is 5.92 Å². The van der Waals surface area contributed by atoms with Crippen LogP contribution in [0.4, 0.5) is 11.9 Å². The van der Waals surface area contributed by atoms with E-state index in [9.17, 15) is 9.59 Å². The standard InChI is InChI=1S/C19H23N5O2/c1-10(2)14(25)20-17-22-16(19-7-6-13(9-19)8-12(19)5)23-18(24-17)21-15(26)11(3)4/h8,13H,1,3,6-7,9H2,2,4-5H3,(H2,20,21,22,23,24,25,26). The lowest BCUT2D eigenvalue weighted by molar-refractivity contribution is -0.113. The topological polar surface area (TPSA) is 96.9 Å². The minimum atomic E-state index is -0.375. The van der Waals surface area contributed by atoms with Crippen LogP contribution in [0, 0.1) is 5.92 Å². The van der Waals surface area contributed by atoms with Crippen LogP contribution in [0.25, 0.3) is 0 Å². The van der Waals surface area contributed by atoms with Crippen LogP contribution in [-0.2, 0) is 15.0 Å². The molecule has 2 aliphatic carbocycles. The lowest BCUT2D eigenvalue weighted by atomic mass is 9.80. The number of allylic oxidation sites excluding steroid dienone is 2. The van der Waals surface area contributed by atoms with Crippen molar-refractivity contribution in [2.45, 2.75) is 45.4 Å². The molecular formula is C19H23N5O2. The number of rotatable bonds is 5. The second-order valence-electron chi connectivity index (χ2n) is 7.21. The zero-order chi connectivity index (χ0) is 19.1. The van der Waals surface area contributed by atoms with Crippen molar-refractivity contribution in [1.82, 2.24) is 15.0 Å². The van der Waals surface area contributed by atoms with E-state index in [-0.39, 0.29) is 29.1 Å². The Morgan fingerprint density at radius 3 is 2.00 bits per heavy atom. The molecule has 1 aromatic rings. The van der Waals surface area contributed by atoms with Crippen LogP contribution in [0.1, 0.15) is 45.9 Å². The average Bonchev–Trinajstić information content (AvgIpc) is 3.12. The number of amides is 2. The molecule has 7 heteroatoms. The fraction of sp³-hybridized carbons (Fsp3) is 0.421. The van der Waals surface area contributed by atoms with Gasteiger partial charge in [0, 0.05) is 11.1 Å². The Morgan fingerprint density at radius 1 is 1.08 bits per heavy atom. The summed E-state index contributed by atoms with van der Waals surface area (Å²) in [6.45, 7) is 12.5. The molecular weight excluding hydrogens is 330 g/mol. The average molecular weight is 353 g/mol. The molecule has 0 saturated heterocycles. The van der Waals surface area contributed by atoms with Crippen LogP contribution < -0.4 is 10.6 Å². The van der Waals surface area contributed by atoms with Crippen molar-refractivity contribution in [3.8, 4) is 0 Å². The van der Waals surface area contributed by atoms with E-state index in [1.54, 1.807) is 13.8 Å². The summed E-state index contributed by atoms with van der Waals surface area (Å²) >= 11 is 0. The molecule has 7 nitrogen and oxygen atoms in total. The second kappa shape index (κ2) is 6.48. The lowest BCUT2D eigenvalue weighted by Crippen LogP contribution is -2.28. The fourth-order valence-corrected chi connectivity index (χ4v) is 3.59. The normalized spacial score (nSPS) is 23.3. The number of hydrogen-bond donors (Lipinski definition) is 2. The van der Waals surface area contributed by atoms with Gasteiger partial charge in [-0.1, -0.05) is 24.8 Å². The fourth-order valence-electron chi connectivity index (χ4n) is 3.59. The van der Waals surface area contributed by atoms with Gasteiger partial charge in [-0.15, -0.1) is 0 Å². The molecule has 0 spiro atoms. The summed E-state index contributed by atoms with van der Waals surface area (Å²) in [7, 11) is 0. The van der Waals surface area contributed by atoms with Gasteiger partial charge < -0.3 is 0 Å². The van der Waals surface area contributed by atoms with Gasteiger partial charge in [0.25, 0.3) is 11.8 Å². The van der Waals surface area contributed by atoms with E-state index in [4.69, 9.17) is 0 Å². The van der Waals surface area contributed by atoms with Gasteiger partial charge in [0.05, 0.1) is 5.41 Å². The molecule has 3 rings (SSSR count). The molecule has 26 heavy (non-hydrogen) atoms. The van der Waals surface area contributed by atoms with Gasteiger partial charge in [-0.05, 0) is 46.0 Å². The second-order valence-corrected chi connectivity index (χ2v) is 7.21. The Balaban J connectivity index is 2.02. The van der Waals surface area contributed by atoms with Crippen LogP contribution in [0.5, 0.6) is 0 Å². The Kier molecular flexibility index (Phi) is 4.48. The highest BCUT2D eigenvalue weighted by atomic mass is 16.2. The Labute approximate surface area is 152 Å². The van der Waals surface area contributed by atoms with Crippen molar-refractivity contribution in [3.05, 3.63) is 41.8 Å². The number of fused-ring (bicyclic) bond motifs is 2. The molecule has 0 radical (unpaired) electrons. The number of hydrogen-bond acceptors (Lipinski definition) is 5. The first-order valence-electron chi connectivity index (χ1n) is 8.60. The molecule has 2 atom stereocenters. The molecule has 0 aliphatic heterocycles. The highest BCUT2D eigenvalue weighted by Gasteiger charge is 2.48. The number of carbonyl (C=O) groups excluding carboxylic acids is 2. The van der Waals surface area contributed by atoms with E-state index in [0.29, 0.717) is 22.9 Å². The number of aromatic nitrogens is 3. The lowest BCUT2D eigenvalue weighted by Gasteiger charge is -2.27. The van der Waals surface area contributed by atoms with Crippen molar-refractivity contribution >= 4 is 23.7 Å². The van der Waals surface area contributed by atoms with Crippen molar-refractivity contribution < 1.29 is 9.59 Å². The van der Waals surface area contributed by atoms with Gasteiger partial charge in [-0.3, -0.25) is 20.2 Å². The van der Waals surface area contributed by atoms with Gasteiger partial charge in [0.15, 0.2) is 0 Å². The summed E-state index contributed by atoms with van der Waals surface area (Å²) in [4.78, 5) is 37.1. The predicted octanol–water partition coefficient (Wildman–Crippen LogP) is 2.90. The van der Waals surface area contributed by atoms with Crippen LogP contribution >= 0.6 is 0 Å². The van der Waals surface area contributed by atoms with E-state index in [2.05, 4.69) is 51.7 Å². The number of nitrogens with one attached hydrogen (secondary N) is 2. The molecule has 1 aromatic heterocycles. The first kappa shape index (κ1) is 18.0. The molecule has 1 heterocycles. The maximum absolute atomic E-state index is 12.0. The Morgan fingerprint density at radius 2 is 1.62 bits per heavy atom. The summed E-state index contributed by atoms with van der Waals surface area (Å²) in [6.07, 6.45) is 5.26. The molecule has 1 fully saturated rings. The van der Waals surface area contributed by atoms with E-state index < -0.39 is 0 Å². The molecule has 2 unspecified atom stereocenters. The first-order chi connectivity index (χ1) is 12.2. The summed E-state index contributed by atoms with van der Waals surface area (Å²) in [6, 6.07) is 0. The van der Waals surface area contributed by atoms with Gasteiger partial charge in [-0.25, -0.2) is 0 Å². The molecule has 2 aliphatic rings. The molecule has 2 amide bonds. The van der Waals surface area contributed by atoms with E-state index in [1.807, 2.05) is 0 Å². The zero-order valence-electron chi connectivity index (χ0n) is 15.3. The number of carbonyl (C=O) groups is 2. The van der Waals surface area contributed by atoms with E-state index >= 15 is 0 Å². The largest absolute Gasteiger partial charge is 0.291 e. The maximum atomic E-state index is 12.0. The zero-order valence-corrected chi connectivity index (χ0v) is 15.3. The maximum Gasteiger partial charge on any atom is 0.253 e. The quantitative estimate of drug-likeness (QED) is 0.627. The van der Waals surface area contributed by atoms with Gasteiger partial charge in [0.1, 0.15) is 5.82 Å². The number of anilines is 2. The third-order valence-electron chi connectivity index (χ3n) is 5.08. The van der Waals surface area contributed by atoms with Crippen LogP contribution in [0.2, 0.25) is 0 Å².